The van der Waals surface area contributed by atoms with Crippen molar-refractivity contribution in [3.8, 4) is 0 Å². The Kier molecular flexibility index (Phi) is 3.20. The topological polar surface area (TPSA) is 73.0 Å². The van der Waals surface area contributed by atoms with E-state index in [1.54, 1.807) is 16.8 Å². The van der Waals surface area contributed by atoms with E-state index in [9.17, 15) is 4.79 Å². The second kappa shape index (κ2) is 5.16. The van der Waals surface area contributed by atoms with Gasteiger partial charge in [-0.25, -0.2) is 4.68 Å². The molecule has 0 bridgehead atoms. The van der Waals surface area contributed by atoms with Gasteiger partial charge in [0.25, 0.3) is 5.91 Å². The fourth-order valence-corrected chi connectivity index (χ4v) is 2.06. The maximum Gasteiger partial charge on any atom is 0.287 e. The molecule has 0 aliphatic heterocycles. The van der Waals surface area contributed by atoms with Crippen LogP contribution in [0.2, 0.25) is 0 Å². The molecule has 2 aromatic heterocycles. The molecule has 102 valence electrons. The standard InChI is InChI=1S/C14H14N4O2/c1-10(15-14(19)13-7-4-8-20-13)9-18-12-6-3-2-5-11(12)16-17-18/h2-8,10H,9H2,1H3,(H,15,19)/t10-/m0/s1. The summed E-state index contributed by atoms with van der Waals surface area (Å²) in [5.41, 5.74) is 1.80. The predicted molar refractivity (Wildman–Crippen MR) is 73.2 cm³/mol. The Hall–Kier alpha value is -2.63. The monoisotopic (exact) mass is 270 g/mol. The molecule has 3 aromatic rings. The van der Waals surface area contributed by atoms with E-state index in [1.807, 2.05) is 31.2 Å². The van der Waals surface area contributed by atoms with Gasteiger partial charge >= 0.3 is 0 Å². The summed E-state index contributed by atoms with van der Waals surface area (Å²) in [7, 11) is 0. The maximum absolute atomic E-state index is 11.9. The number of rotatable bonds is 4. The quantitative estimate of drug-likeness (QED) is 0.785. The van der Waals surface area contributed by atoms with Crippen molar-refractivity contribution in [2.24, 2.45) is 0 Å². The molecule has 6 heteroatoms. The second-order valence-corrected chi connectivity index (χ2v) is 4.61. The van der Waals surface area contributed by atoms with Crippen LogP contribution in [0.5, 0.6) is 0 Å². The molecule has 0 saturated carbocycles. The summed E-state index contributed by atoms with van der Waals surface area (Å²) in [6.45, 7) is 2.46. The lowest BCUT2D eigenvalue weighted by molar-refractivity contribution is 0.0908. The van der Waals surface area contributed by atoms with Crippen molar-refractivity contribution in [3.05, 3.63) is 48.4 Å². The van der Waals surface area contributed by atoms with E-state index in [0.29, 0.717) is 12.3 Å². The van der Waals surface area contributed by atoms with Crippen molar-refractivity contribution in [3.63, 3.8) is 0 Å². The predicted octanol–water partition coefficient (Wildman–Crippen LogP) is 1.84. The van der Waals surface area contributed by atoms with Gasteiger partial charge in [-0.3, -0.25) is 4.79 Å². The summed E-state index contributed by atoms with van der Waals surface area (Å²) in [5.74, 6) is 0.0761. The van der Waals surface area contributed by atoms with Gasteiger partial charge in [0.1, 0.15) is 5.52 Å². The fourth-order valence-electron chi connectivity index (χ4n) is 2.06. The Bertz CT molecular complexity index is 718. The van der Waals surface area contributed by atoms with Gasteiger partial charge in [-0.1, -0.05) is 17.3 Å². The Balaban J connectivity index is 1.70. The highest BCUT2D eigenvalue weighted by molar-refractivity contribution is 5.91. The number of furan rings is 1. The normalized spacial score (nSPS) is 12.4. The van der Waals surface area contributed by atoms with Gasteiger partial charge in [-0.15, -0.1) is 5.10 Å². The van der Waals surface area contributed by atoms with E-state index in [4.69, 9.17) is 4.42 Å². The Morgan fingerprint density at radius 2 is 2.20 bits per heavy atom. The molecule has 1 amide bonds. The van der Waals surface area contributed by atoms with Crippen LogP contribution in [0.15, 0.2) is 47.1 Å². The van der Waals surface area contributed by atoms with E-state index < -0.39 is 0 Å². The van der Waals surface area contributed by atoms with E-state index >= 15 is 0 Å². The van der Waals surface area contributed by atoms with Gasteiger partial charge in [0.15, 0.2) is 5.76 Å². The molecule has 0 radical (unpaired) electrons. The lowest BCUT2D eigenvalue weighted by Gasteiger charge is -2.13. The number of hydrogen-bond donors (Lipinski definition) is 1. The SMILES string of the molecule is C[C@@H](Cn1nnc2ccccc21)NC(=O)c1ccco1. The molecule has 3 rings (SSSR count). The largest absolute Gasteiger partial charge is 0.459 e. The van der Waals surface area contributed by atoms with Crippen molar-refractivity contribution < 1.29 is 9.21 Å². The minimum Gasteiger partial charge on any atom is -0.459 e. The summed E-state index contributed by atoms with van der Waals surface area (Å²) in [6, 6.07) is 11.0. The first kappa shape index (κ1) is 12.4. The summed E-state index contributed by atoms with van der Waals surface area (Å²) in [6.07, 6.45) is 1.48. The van der Waals surface area contributed by atoms with E-state index in [2.05, 4.69) is 15.6 Å². The number of hydrogen-bond acceptors (Lipinski definition) is 4. The molecular weight excluding hydrogens is 256 g/mol. The number of amides is 1. The third kappa shape index (κ3) is 2.40. The summed E-state index contributed by atoms with van der Waals surface area (Å²) < 4.78 is 6.83. The number of fused-ring (bicyclic) bond motifs is 1. The Morgan fingerprint density at radius 1 is 1.35 bits per heavy atom. The Labute approximate surface area is 115 Å². The van der Waals surface area contributed by atoms with Crippen LogP contribution in [0.3, 0.4) is 0 Å². The summed E-state index contributed by atoms with van der Waals surface area (Å²) in [4.78, 5) is 11.9. The molecule has 20 heavy (non-hydrogen) atoms. The smallest absolute Gasteiger partial charge is 0.287 e. The number of para-hydroxylation sites is 1. The lowest BCUT2D eigenvalue weighted by atomic mass is 10.3. The van der Waals surface area contributed by atoms with Gasteiger partial charge < -0.3 is 9.73 Å². The molecule has 0 aliphatic rings. The van der Waals surface area contributed by atoms with Gasteiger partial charge in [0.05, 0.1) is 18.3 Å². The minimum atomic E-state index is -0.230. The van der Waals surface area contributed by atoms with Crippen molar-refractivity contribution in [1.29, 1.82) is 0 Å². The highest BCUT2D eigenvalue weighted by Gasteiger charge is 2.13. The van der Waals surface area contributed by atoms with Crippen molar-refractivity contribution in [1.82, 2.24) is 20.3 Å². The van der Waals surface area contributed by atoms with E-state index in [0.717, 1.165) is 11.0 Å². The number of carbonyl (C=O) groups is 1. The number of nitrogens with zero attached hydrogens (tertiary/aromatic N) is 3. The van der Waals surface area contributed by atoms with Gasteiger partial charge in [-0.2, -0.15) is 0 Å². The van der Waals surface area contributed by atoms with Gasteiger partial charge in [0.2, 0.25) is 0 Å². The molecule has 0 saturated heterocycles. The van der Waals surface area contributed by atoms with Crippen LogP contribution in [0.25, 0.3) is 11.0 Å². The Morgan fingerprint density at radius 3 is 3.00 bits per heavy atom. The molecule has 0 aliphatic carbocycles. The van der Waals surface area contributed by atoms with E-state index in [-0.39, 0.29) is 11.9 Å². The van der Waals surface area contributed by atoms with Crippen molar-refractivity contribution in [2.45, 2.75) is 19.5 Å². The first-order valence-corrected chi connectivity index (χ1v) is 6.36. The highest BCUT2D eigenvalue weighted by atomic mass is 16.3. The molecule has 0 spiro atoms. The zero-order valence-electron chi connectivity index (χ0n) is 11.0. The number of nitrogens with one attached hydrogen (secondary N) is 1. The van der Waals surface area contributed by atoms with Gasteiger partial charge in [0, 0.05) is 6.04 Å². The molecular formula is C14H14N4O2. The maximum atomic E-state index is 11.9. The van der Waals surface area contributed by atoms with Crippen LogP contribution in [-0.2, 0) is 6.54 Å². The number of carbonyl (C=O) groups excluding carboxylic acids is 1. The lowest BCUT2D eigenvalue weighted by Crippen LogP contribution is -2.35. The second-order valence-electron chi connectivity index (χ2n) is 4.61. The molecule has 1 atom stereocenters. The van der Waals surface area contributed by atoms with Crippen LogP contribution in [-0.4, -0.2) is 26.9 Å². The molecule has 0 unspecified atom stereocenters. The zero-order valence-corrected chi connectivity index (χ0v) is 11.0. The summed E-state index contributed by atoms with van der Waals surface area (Å²) >= 11 is 0. The molecule has 1 aromatic carbocycles. The number of aromatic nitrogens is 3. The first-order valence-electron chi connectivity index (χ1n) is 6.36. The van der Waals surface area contributed by atoms with Crippen molar-refractivity contribution in [2.75, 3.05) is 0 Å². The molecule has 1 N–H and O–H groups in total. The minimum absolute atomic E-state index is 0.0855. The molecule has 0 fully saturated rings. The van der Waals surface area contributed by atoms with Crippen LogP contribution >= 0.6 is 0 Å². The fraction of sp³-hybridized carbons (Fsp3) is 0.214. The summed E-state index contributed by atoms with van der Waals surface area (Å²) in [5, 5.41) is 11.0. The van der Waals surface area contributed by atoms with Gasteiger partial charge in [-0.05, 0) is 31.2 Å². The average Bonchev–Trinajstić information content (AvgIpc) is 3.09. The van der Waals surface area contributed by atoms with Crippen LogP contribution < -0.4 is 5.32 Å². The van der Waals surface area contributed by atoms with Crippen LogP contribution in [0.1, 0.15) is 17.5 Å². The first-order chi connectivity index (χ1) is 9.74. The number of benzene rings is 1. The van der Waals surface area contributed by atoms with Crippen molar-refractivity contribution >= 4 is 16.9 Å². The third-order valence-corrected chi connectivity index (χ3v) is 2.99. The highest BCUT2D eigenvalue weighted by Crippen LogP contribution is 2.10. The average molecular weight is 270 g/mol. The zero-order chi connectivity index (χ0) is 13.9. The molecule has 6 nitrogen and oxygen atoms in total. The van der Waals surface area contributed by atoms with Crippen LogP contribution in [0.4, 0.5) is 0 Å². The van der Waals surface area contributed by atoms with E-state index in [1.165, 1.54) is 6.26 Å². The molecule has 2 heterocycles. The third-order valence-electron chi connectivity index (χ3n) is 2.99. The van der Waals surface area contributed by atoms with Crippen LogP contribution in [0, 0.1) is 0 Å².